The molecule has 0 heterocycles. The molecule has 2 atom stereocenters. The molecule has 4 heteroatoms. The molecule has 3 nitrogen and oxygen atoms in total. The van der Waals surface area contributed by atoms with Crippen LogP contribution in [0.2, 0.25) is 0 Å². The van der Waals surface area contributed by atoms with Gasteiger partial charge in [0.2, 0.25) is 5.91 Å². The lowest BCUT2D eigenvalue weighted by Crippen LogP contribution is -2.44. The zero-order valence-electron chi connectivity index (χ0n) is 11.5. The molecule has 0 saturated heterocycles. The molecule has 1 fully saturated rings. The lowest BCUT2D eigenvalue weighted by atomic mass is 10.2. The number of rotatable bonds is 6. The monoisotopic (exact) mass is 258 g/mol. The first kappa shape index (κ1) is 14.8. The number of likely N-dealkylation sites (N-methyl/N-ethyl adjacent to an activating group) is 1. The summed E-state index contributed by atoms with van der Waals surface area (Å²) < 4.78 is 0. The Morgan fingerprint density at radius 3 is 2.76 bits per heavy atom. The zero-order chi connectivity index (χ0) is 12.8. The minimum atomic E-state index is 0.201. The van der Waals surface area contributed by atoms with E-state index in [-0.39, 0.29) is 11.9 Å². The average molecular weight is 258 g/mol. The maximum Gasteiger partial charge on any atom is 0.236 e. The zero-order valence-corrected chi connectivity index (χ0v) is 12.3. The number of carbonyl (C=O) groups excluding carboxylic acids is 1. The first-order valence-corrected chi connectivity index (χ1v) is 7.71. The van der Waals surface area contributed by atoms with Gasteiger partial charge in [-0.3, -0.25) is 4.79 Å². The van der Waals surface area contributed by atoms with Gasteiger partial charge < -0.3 is 10.2 Å². The number of carbonyl (C=O) groups is 1. The van der Waals surface area contributed by atoms with Crippen LogP contribution in [-0.4, -0.2) is 47.5 Å². The van der Waals surface area contributed by atoms with Crippen molar-refractivity contribution < 1.29 is 4.79 Å². The van der Waals surface area contributed by atoms with Gasteiger partial charge in [-0.1, -0.05) is 13.3 Å². The van der Waals surface area contributed by atoms with Crippen LogP contribution in [0.1, 0.15) is 40.0 Å². The number of amides is 1. The number of nitrogens with one attached hydrogen (secondary N) is 1. The molecule has 1 saturated carbocycles. The summed E-state index contributed by atoms with van der Waals surface area (Å²) in [5.41, 5.74) is 0. The van der Waals surface area contributed by atoms with Crippen LogP contribution < -0.4 is 5.32 Å². The molecule has 17 heavy (non-hydrogen) atoms. The fraction of sp³-hybridized carbons (Fsp3) is 0.923. The molecule has 0 aromatic carbocycles. The Hall–Kier alpha value is -0.220. The largest absolute Gasteiger partial charge is 0.342 e. The maximum absolute atomic E-state index is 11.9. The van der Waals surface area contributed by atoms with E-state index in [1.807, 2.05) is 37.6 Å². The average Bonchev–Trinajstić information content (AvgIpc) is 2.73. The Kier molecular flexibility index (Phi) is 6.34. The van der Waals surface area contributed by atoms with Gasteiger partial charge in [0.05, 0.1) is 6.54 Å². The topological polar surface area (TPSA) is 32.3 Å². The maximum atomic E-state index is 11.9. The van der Waals surface area contributed by atoms with Crippen molar-refractivity contribution in [3.05, 3.63) is 0 Å². The van der Waals surface area contributed by atoms with E-state index in [1.54, 1.807) is 0 Å². The van der Waals surface area contributed by atoms with E-state index in [4.69, 9.17) is 0 Å². The third kappa shape index (κ3) is 4.51. The summed E-state index contributed by atoms with van der Waals surface area (Å²) in [6, 6.07) is 0.818. The second-order valence-corrected chi connectivity index (χ2v) is 6.53. The second kappa shape index (κ2) is 7.27. The Bertz CT molecular complexity index is 246. The van der Waals surface area contributed by atoms with Gasteiger partial charge >= 0.3 is 0 Å². The molecule has 0 aliphatic heterocycles. The van der Waals surface area contributed by atoms with Crippen LogP contribution in [0.25, 0.3) is 0 Å². The van der Waals surface area contributed by atoms with Crippen LogP contribution in [-0.2, 0) is 4.79 Å². The Morgan fingerprint density at radius 2 is 2.18 bits per heavy atom. The van der Waals surface area contributed by atoms with Crippen molar-refractivity contribution in [1.82, 2.24) is 10.2 Å². The number of hydrogen-bond donors (Lipinski definition) is 1. The molecule has 1 amide bonds. The summed E-state index contributed by atoms with van der Waals surface area (Å²) in [5.74, 6) is 1.37. The Balaban J connectivity index is 2.32. The molecule has 0 bridgehead atoms. The highest BCUT2D eigenvalue weighted by Crippen LogP contribution is 2.29. The van der Waals surface area contributed by atoms with Gasteiger partial charge in [0.15, 0.2) is 0 Å². The highest BCUT2D eigenvalue weighted by molar-refractivity contribution is 7.99. The van der Waals surface area contributed by atoms with Crippen LogP contribution in [0.4, 0.5) is 0 Å². The lowest BCUT2D eigenvalue weighted by Gasteiger charge is -2.24. The van der Waals surface area contributed by atoms with Gasteiger partial charge in [0, 0.05) is 24.4 Å². The fourth-order valence-corrected chi connectivity index (χ4v) is 3.43. The van der Waals surface area contributed by atoms with Gasteiger partial charge in [-0.2, -0.15) is 11.8 Å². The molecule has 0 aromatic heterocycles. The predicted octanol–water partition coefficient (Wildman–Crippen LogP) is 2.12. The smallest absolute Gasteiger partial charge is 0.236 e. The van der Waals surface area contributed by atoms with Crippen molar-refractivity contribution in [3.63, 3.8) is 0 Å². The van der Waals surface area contributed by atoms with E-state index in [1.165, 1.54) is 25.0 Å². The number of nitrogens with zero attached hydrogens (tertiary/aromatic N) is 1. The van der Waals surface area contributed by atoms with Crippen molar-refractivity contribution in [2.45, 2.75) is 57.4 Å². The van der Waals surface area contributed by atoms with Crippen LogP contribution in [0, 0.1) is 0 Å². The van der Waals surface area contributed by atoms with E-state index in [2.05, 4.69) is 12.2 Å². The minimum Gasteiger partial charge on any atom is -0.342 e. The molecule has 100 valence electrons. The summed E-state index contributed by atoms with van der Waals surface area (Å²) in [4.78, 5) is 13.7. The van der Waals surface area contributed by atoms with Crippen LogP contribution in [0.5, 0.6) is 0 Å². The molecule has 0 radical (unpaired) electrons. The molecule has 1 N–H and O–H groups in total. The molecule has 1 aliphatic rings. The molecule has 0 spiro atoms. The Morgan fingerprint density at radius 1 is 1.47 bits per heavy atom. The quantitative estimate of drug-likeness (QED) is 0.792. The molecular weight excluding hydrogens is 232 g/mol. The second-order valence-electron chi connectivity index (χ2n) is 5.01. The van der Waals surface area contributed by atoms with Crippen molar-refractivity contribution in [2.75, 3.05) is 19.3 Å². The minimum absolute atomic E-state index is 0.201. The standard InChI is InChI=1S/C13H26N2OS/c1-5-17-12-8-6-7-11(12)14-9-13(16)15(4)10(2)3/h10-12,14H,5-9H2,1-4H3. The SMILES string of the molecule is CCSC1CCCC1NCC(=O)N(C)C(C)C. The predicted molar refractivity (Wildman–Crippen MR) is 75.5 cm³/mol. The molecule has 1 aliphatic carbocycles. The van der Waals surface area contributed by atoms with Crippen LogP contribution >= 0.6 is 11.8 Å². The number of thioether (sulfide) groups is 1. The van der Waals surface area contributed by atoms with Crippen molar-refractivity contribution >= 4 is 17.7 Å². The van der Waals surface area contributed by atoms with Crippen molar-refractivity contribution in [1.29, 1.82) is 0 Å². The summed E-state index contributed by atoms with van der Waals surface area (Å²) in [6.45, 7) is 6.78. The van der Waals surface area contributed by atoms with Crippen LogP contribution in [0.15, 0.2) is 0 Å². The van der Waals surface area contributed by atoms with E-state index in [0.29, 0.717) is 17.8 Å². The van der Waals surface area contributed by atoms with Gasteiger partial charge in [-0.25, -0.2) is 0 Å². The first-order chi connectivity index (χ1) is 8.06. The van der Waals surface area contributed by atoms with E-state index in [0.717, 1.165) is 0 Å². The van der Waals surface area contributed by atoms with Gasteiger partial charge in [0.25, 0.3) is 0 Å². The summed E-state index contributed by atoms with van der Waals surface area (Å²) in [5, 5.41) is 4.15. The summed E-state index contributed by atoms with van der Waals surface area (Å²) in [6.07, 6.45) is 3.81. The molecule has 0 aromatic rings. The normalized spacial score (nSPS) is 24.3. The fourth-order valence-electron chi connectivity index (χ4n) is 2.20. The van der Waals surface area contributed by atoms with E-state index in [9.17, 15) is 4.79 Å². The lowest BCUT2D eigenvalue weighted by molar-refractivity contribution is -0.130. The number of hydrogen-bond acceptors (Lipinski definition) is 3. The summed E-state index contributed by atoms with van der Waals surface area (Å²) in [7, 11) is 1.88. The van der Waals surface area contributed by atoms with Gasteiger partial charge in [-0.15, -0.1) is 0 Å². The third-order valence-corrected chi connectivity index (χ3v) is 4.84. The Labute approximate surface area is 110 Å². The highest BCUT2D eigenvalue weighted by atomic mass is 32.2. The van der Waals surface area contributed by atoms with Crippen LogP contribution in [0.3, 0.4) is 0 Å². The van der Waals surface area contributed by atoms with E-state index < -0.39 is 0 Å². The van der Waals surface area contributed by atoms with Gasteiger partial charge in [0.1, 0.15) is 0 Å². The molecule has 2 unspecified atom stereocenters. The molecular formula is C13H26N2OS. The van der Waals surface area contributed by atoms with E-state index >= 15 is 0 Å². The summed E-state index contributed by atoms with van der Waals surface area (Å²) >= 11 is 2.03. The van der Waals surface area contributed by atoms with Crippen molar-refractivity contribution in [2.24, 2.45) is 0 Å². The first-order valence-electron chi connectivity index (χ1n) is 6.66. The van der Waals surface area contributed by atoms with Gasteiger partial charge in [-0.05, 0) is 32.4 Å². The molecule has 1 rings (SSSR count). The third-order valence-electron chi connectivity index (χ3n) is 3.52. The highest BCUT2D eigenvalue weighted by Gasteiger charge is 2.27. The van der Waals surface area contributed by atoms with Crippen molar-refractivity contribution in [3.8, 4) is 0 Å².